The van der Waals surface area contributed by atoms with E-state index < -0.39 is 0 Å². The summed E-state index contributed by atoms with van der Waals surface area (Å²) < 4.78 is 4.72. The Kier molecular flexibility index (Phi) is 5.93. The lowest BCUT2D eigenvalue weighted by Gasteiger charge is -2.14. The molecule has 0 aromatic carbocycles. The fraction of sp³-hybridized carbons (Fsp3) is 0.571. The molecule has 2 aromatic heterocycles. The minimum atomic E-state index is 0.693. The van der Waals surface area contributed by atoms with E-state index in [1.165, 1.54) is 6.39 Å². The fourth-order valence-corrected chi connectivity index (χ4v) is 2.04. The van der Waals surface area contributed by atoms with Crippen LogP contribution in [0.25, 0.3) is 0 Å². The first kappa shape index (κ1) is 15.2. The zero-order valence-corrected chi connectivity index (χ0v) is 12.6. The Balaban J connectivity index is 2.02. The normalized spacial score (nSPS) is 10.6. The van der Waals surface area contributed by atoms with Gasteiger partial charge in [-0.1, -0.05) is 25.4 Å². The van der Waals surface area contributed by atoms with Crippen molar-refractivity contribution in [3.8, 4) is 0 Å². The van der Waals surface area contributed by atoms with Crippen molar-refractivity contribution in [1.82, 2.24) is 20.1 Å². The Bertz CT molecular complexity index is 528. The van der Waals surface area contributed by atoms with Crippen molar-refractivity contribution < 1.29 is 4.52 Å². The molecular formula is C14H22N6O. The monoisotopic (exact) mass is 290 g/mol. The molecule has 0 aliphatic heterocycles. The van der Waals surface area contributed by atoms with Crippen LogP contribution in [-0.2, 0) is 12.8 Å². The van der Waals surface area contributed by atoms with Gasteiger partial charge in [0.1, 0.15) is 18.0 Å². The third-order valence-corrected chi connectivity index (χ3v) is 3.04. The summed E-state index contributed by atoms with van der Waals surface area (Å²) in [5.74, 6) is 2.50. The molecule has 0 bridgehead atoms. The summed E-state index contributed by atoms with van der Waals surface area (Å²) in [5, 5.41) is 10.5. The standard InChI is InChI=1S/C14H22N6O/c1-3-5-11-13(15-7-4-2)17-9-18-14(11)16-8-6-12-19-10-21-20-12/h9-10H,3-8H2,1-2H3,(H2,15,16,17,18). The van der Waals surface area contributed by atoms with Crippen molar-refractivity contribution in [2.75, 3.05) is 23.7 Å². The van der Waals surface area contributed by atoms with Crippen LogP contribution in [-0.4, -0.2) is 33.2 Å². The molecule has 0 fully saturated rings. The highest BCUT2D eigenvalue weighted by Crippen LogP contribution is 2.21. The summed E-state index contributed by atoms with van der Waals surface area (Å²) in [6.45, 7) is 5.91. The van der Waals surface area contributed by atoms with Gasteiger partial charge in [-0.2, -0.15) is 4.98 Å². The highest BCUT2D eigenvalue weighted by atomic mass is 16.5. The lowest BCUT2D eigenvalue weighted by molar-refractivity contribution is 0.410. The van der Waals surface area contributed by atoms with E-state index >= 15 is 0 Å². The molecule has 0 amide bonds. The van der Waals surface area contributed by atoms with Gasteiger partial charge in [-0.15, -0.1) is 0 Å². The fourth-order valence-electron chi connectivity index (χ4n) is 2.04. The van der Waals surface area contributed by atoms with E-state index in [0.29, 0.717) is 18.8 Å². The number of rotatable bonds is 9. The maximum atomic E-state index is 4.72. The molecule has 2 heterocycles. The van der Waals surface area contributed by atoms with Crippen LogP contribution in [0, 0.1) is 0 Å². The van der Waals surface area contributed by atoms with Gasteiger partial charge >= 0.3 is 0 Å². The van der Waals surface area contributed by atoms with Crippen LogP contribution in [0.1, 0.15) is 38.1 Å². The predicted molar refractivity (Wildman–Crippen MR) is 81.3 cm³/mol. The molecule has 0 unspecified atom stereocenters. The maximum absolute atomic E-state index is 4.72. The van der Waals surface area contributed by atoms with Crippen molar-refractivity contribution in [3.05, 3.63) is 24.1 Å². The first-order valence-electron chi connectivity index (χ1n) is 7.42. The summed E-state index contributed by atoms with van der Waals surface area (Å²) >= 11 is 0. The Morgan fingerprint density at radius 2 is 1.71 bits per heavy atom. The molecule has 0 radical (unpaired) electrons. The molecule has 0 atom stereocenters. The first-order valence-corrected chi connectivity index (χ1v) is 7.42. The van der Waals surface area contributed by atoms with E-state index in [9.17, 15) is 0 Å². The number of aromatic nitrogens is 4. The highest BCUT2D eigenvalue weighted by molar-refractivity contribution is 5.57. The summed E-state index contributed by atoms with van der Waals surface area (Å²) in [7, 11) is 0. The van der Waals surface area contributed by atoms with Crippen molar-refractivity contribution in [2.45, 2.75) is 39.5 Å². The minimum Gasteiger partial charge on any atom is -0.370 e. The Hall–Kier alpha value is -2.18. The lowest BCUT2D eigenvalue weighted by atomic mass is 10.1. The van der Waals surface area contributed by atoms with Crippen LogP contribution in [0.3, 0.4) is 0 Å². The van der Waals surface area contributed by atoms with Gasteiger partial charge in [0.25, 0.3) is 0 Å². The maximum Gasteiger partial charge on any atom is 0.213 e. The van der Waals surface area contributed by atoms with Crippen molar-refractivity contribution in [3.63, 3.8) is 0 Å². The van der Waals surface area contributed by atoms with Crippen molar-refractivity contribution in [2.24, 2.45) is 0 Å². The van der Waals surface area contributed by atoms with E-state index in [1.54, 1.807) is 6.33 Å². The van der Waals surface area contributed by atoms with Gasteiger partial charge in [0, 0.05) is 25.1 Å². The summed E-state index contributed by atoms with van der Waals surface area (Å²) in [6.07, 6.45) is 6.69. The second-order valence-electron chi connectivity index (χ2n) is 4.75. The summed E-state index contributed by atoms with van der Waals surface area (Å²) in [5.41, 5.74) is 1.14. The number of nitrogens with one attached hydrogen (secondary N) is 2. The quantitative estimate of drug-likeness (QED) is 0.732. The van der Waals surface area contributed by atoms with Crippen LogP contribution in [0.15, 0.2) is 17.2 Å². The number of anilines is 2. The van der Waals surface area contributed by atoms with Gasteiger partial charge in [-0.3, -0.25) is 0 Å². The third-order valence-electron chi connectivity index (χ3n) is 3.04. The van der Waals surface area contributed by atoms with E-state index in [-0.39, 0.29) is 0 Å². The van der Waals surface area contributed by atoms with Gasteiger partial charge in [-0.25, -0.2) is 9.97 Å². The highest BCUT2D eigenvalue weighted by Gasteiger charge is 2.10. The van der Waals surface area contributed by atoms with Crippen LogP contribution in [0.5, 0.6) is 0 Å². The molecular weight excluding hydrogens is 268 g/mol. The zero-order chi connectivity index (χ0) is 14.9. The topological polar surface area (TPSA) is 88.8 Å². The predicted octanol–water partition coefficient (Wildman–Crippen LogP) is 2.29. The molecule has 2 rings (SSSR count). The van der Waals surface area contributed by atoms with Gasteiger partial charge in [0.05, 0.1) is 0 Å². The van der Waals surface area contributed by atoms with E-state index in [1.807, 2.05) is 0 Å². The molecule has 114 valence electrons. The molecule has 0 saturated carbocycles. The molecule has 7 nitrogen and oxygen atoms in total. The second kappa shape index (κ2) is 8.18. The Morgan fingerprint density at radius 3 is 2.33 bits per heavy atom. The van der Waals surface area contributed by atoms with Gasteiger partial charge in [0.2, 0.25) is 6.39 Å². The van der Waals surface area contributed by atoms with Gasteiger partial charge in [-0.05, 0) is 12.8 Å². The number of hydrogen-bond acceptors (Lipinski definition) is 7. The van der Waals surface area contributed by atoms with Gasteiger partial charge in [0.15, 0.2) is 5.82 Å². The summed E-state index contributed by atoms with van der Waals surface area (Å²) in [6, 6.07) is 0. The molecule has 21 heavy (non-hydrogen) atoms. The average Bonchev–Trinajstić information content (AvgIpc) is 3.01. The minimum absolute atomic E-state index is 0.693. The number of nitrogens with zero attached hydrogens (tertiary/aromatic N) is 4. The second-order valence-corrected chi connectivity index (χ2v) is 4.75. The Morgan fingerprint density at radius 1 is 0.952 bits per heavy atom. The third kappa shape index (κ3) is 4.40. The largest absolute Gasteiger partial charge is 0.370 e. The smallest absolute Gasteiger partial charge is 0.213 e. The Labute approximate surface area is 124 Å². The zero-order valence-electron chi connectivity index (χ0n) is 12.6. The molecule has 0 spiro atoms. The lowest BCUT2D eigenvalue weighted by Crippen LogP contribution is -2.13. The van der Waals surface area contributed by atoms with Crippen molar-refractivity contribution >= 4 is 11.6 Å². The molecule has 2 N–H and O–H groups in total. The van der Waals surface area contributed by atoms with Crippen LogP contribution < -0.4 is 10.6 Å². The SMILES string of the molecule is CCCNc1ncnc(NCCc2ncon2)c1CCC. The van der Waals surface area contributed by atoms with E-state index in [0.717, 1.165) is 43.0 Å². The molecule has 0 aliphatic rings. The van der Waals surface area contributed by atoms with Crippen LogP contribution >= 0.6 is 0 Å². The molecule has 2 aromatic rings. The molecule has 0 aliphatic carbocycles. The summed E-state index contributed by atoms with van der Waals surface area (Å²) in [4.78, 5) is 12.7. The van der Waals surface area contributed by atoms with E-state index in [4.69, 9.17) is 4.52 Å². The average molecular weight is 290 g/mol. The molecule has 7 heteroatoms. The van der Waals surface area contributed by atoms with E-state index in [2.05, 4.69) is 44.6 Å². The first-order chi connectivity index (χ1) is 10.3. The van der Waals surface area contributed by atoms with Crippen LogP contribution in [0.4, 0.5) is 11.6 Å². The van der Waals surface area contributed by atoms with Crippen molar-refractivity contribution in [1.29, 1.82) is 0 Å². The van der Waals surface area contributed by atoms with Gasteiger partial charge < -0.3 is 15.2 Å². The molecule has 0 saturated heterocycles. The number of hydrogen-bond donors (Lipinski definition) is 2. The van der Waals surface area contributed by atoms with Crippen LogP contribution in [0.2, 0.25) is 0 Å².